The molecule has 0 saturated heterocycles. The Kier molecular flexibility index (Phi) is 7.27. The molecule has 0 spiro atoms. The van der Waals surface area contributed by atoms with E-state index >= 15 is 0 Å². The molecule has 1 rings (SSSR count). The van der Waals surface area contributed by atoms with E-state index in [-0.39, 0.29) is 6.04 Å². The fourth-order valence-corrected chi connectivity index (χ4v) is 2.25. The molecule has 0 aromatic heterocycles. The van der Waals surface area contributed by atoms with Crippen LogP contribution in [0.4, 0.5) is 0 Å². The summed E-state index contributed by atoms with van der Waals surface area (Å²) >= 11 is 3.48. The zero-order valence-electron chi connectivity index (χ0n) is 10.9. The number of hydrazine groups is 1. The lowest BCUT2D eigenvalue weighted by molar-refractivity contribution is 0.112. The Morgan fingerprint density at radius 1 is 1.44 bits per heavy atom. The molecular weight excluding hydrogens is 296 g/mol. The molecule has 1 unspecified atom stereocenters. The molecule has 18 heavy (non-hydrogen) atoms. The van der Waals surface area contributed by atoms with Crippen molar-refractivity contribution in [1.29, 1.82) is 0 Å². The minimum atomic E-state index is 0.122. The summed E-state index contributed by atoms with van der Waals surface area (Å²) in [6.45, 7) is 3.48. The van der Waals surface area contributed by atoms with Crippen molar-refractivity contribution in [3.8, 4) is 5.75 Å². The molecule has 0 amide bonds. The maximum absolute atomic E-state index is 5.53. The predicted molar refractivity (Wildman–Crippen MR) is 76.6 cm³/mol. The molecule has 0 aliphatic heterocycles. The topological polar surface area (TPSA) is 56.5 Å². The van der Waals surface area contributed by atoms with Gasteiger partial charge in [0.05, 0.1) is 18.2 Å². The van der Waals surface area contributed by atoms with Gasteiger partial charge in [0.1, 0.15) is 5.75 Å². The molecule has 0 bridgehead atoms. The lowest BCUT2D eigenvalue weighted by atomic mass is 10.1. The summed E-state index contributed by atoms with van der Waals surface area (Å²) in [6.07, 6.45) is 1.84. The number of methoxy groups -OCH3 is 1. The average molecular weight is 317 g/mol. The highest BCUT2D eigenvalue weighted by Gasteiger charge is 2.09. The van der Waals surface area contributed by atoms with E-state index in [9.17, 15) is 0 Å². The van der Waals surface area contributed by atoms with E-state index in [1.807, 2.05) is 18.2 Å². The van der Waals surface area contributed by atoms with Gasteiger partial charge in [-0.15, -0.1) is 0 Å². The van der Waals surface area contributed by atoms with Gasteiger partial charge in [0, 0.05) is 12.6 Å². The van der Waals surface area contributed by atoms with Crippen LogP contribution in [0.15, 0.2) is 22.7 Å². The van der Waals surface area contributed by atoms with E-state index in [0.717, 1.165) is 29.7 Å². The van der Waals surface area contributed by atoms with Crippen molar-refractivity contribution in [3.05, 3.63) is 28.2 Å². The molecule has 1 aromatic rings. The van der Waals surface area contributed by atoms with Crippen LogP contribution in [0.5, 0.6) is 5.75 Å². The Morgan fingerprint density at radius 2 is 2.22 bits per heavy atom. The monoisotopic (exact) mass is 316 g/mol. The van der Waals surface area contributed by atoms with Crippen LogP contribution in [0, 0.1) is 0 Å². The average Bonchev–Trinajstić information content (AvgIpc) is 2.38. The van der Waals surface area contributed by atoms with Crippen molar-refractivity contribution in [2.24, 2.45) is 5.84 Å². The quantitative estimate of drug-likeness (QED) is 0.439. The number of nitrogens with one attached hydrogen (secondary N) is 1. The lowest BCUT2D eigenvalue weighted by Gasteiger charge is -2.16. The van der Waals surface area contributed by atoms with Gasteiger partial charge in [0.25, 0.3) is 0 Å². The molecule has 0 aliphatic carbocycles. The molecule has 0 saturated carbocycles. The number of hydrogen-bond acceptors (Lipinski definition) is 4. The summed E-state index contributed by atoms with van der Waals surface area (Å²) in [6, 6.07) is 6.15. The van der Waals surface area contributed by atoms with Crippen molar-refractivity contribution in [2.45, 2.75) is 25.8 Å². The van der Waals surface area contributed by atoms with Crippen LogP contribution in [-0.4, -0.2) is 26.4 Å². The van der Waals surface area contributed by atoms with Crippen molar-refractivity contribution in [3.63, 3.8) is 0 Å². The first-order valence-corrected chi connectivity index (χ1v) is 6.86. The van der Waals surface area contributed by atoms with Gasteiger partial charge in [0.15, 0.2) is 0 Å². The van der Waals surface area contributed by atoms with E-state index in [1.165, 1.54) is 5.56 Å². The Balaban J connectivity index is 2.55. The summed E-state index contributed by atoms with van der Waals surface area (Å²) in [4.78, 5) is 0. The summed E-state index contributed by atoms with van der Waals surface area (Å²) in [5.74, 6) is 6.36. The van der Waals surface area contributed by atoms with E-state index < -0.39 is 0 Å². The van der Waals surface area contributed by atoms with Crippen molar-refractivity contribution < 1.29 is 9.47 Å². The van der Waals surface area contributed by atoms with Gasteiger partial charge in [-0.25, -0.2) is 0 Å². The molecule has 0 fully saturated rings. The molecule has 0 aliphatic rings. The third-order valence-corrected chi connectivity index (χ3v) is 3.22. The van der Waals surface area contributed by atoms with Crippen LogP contribution < -0.4 is 16.0 Å². The number of ether oxygens (including phenoxy) is 2. The maximum atomic E-state index is 5.53. The zero-order valence-corrected chi connectivity index (χ0v) is 12.5. The molecule has 3 N–H and O–H groups in total. The van der Waals surface area contributed by atoms with Crippen molar-refractivity contribution in [2.75, 3.05) is 20.3 Å². The zero-order chi connectivity index (χ0) is 13.4. The minimum absolute atomic E-state index is 0.122. The first kappa shape index (κ1) is 15.4. The number of rotatable bonds is 8. The second kappa shape index (κ2) is 8.48. The van der Waals surface area contributed by atoms with Gasteiger partial charge in [-0.05, 0) is 46.5 Å². The molecule has 0 heterocycles. The minimum Gasteiger partial charge on any atom is -0.496 e. The van der Waals surface area contributed by atoms with Gasteiger partial charge >= 0.3 is 0 Å². The first-order chi connectivity index (χ1) is 8.71. The molecular formula is C13H21BrN2O2. The third kappa shape index (κ3) is 4.94. The van der Waals surface area contributed by atoms with E-state index in [1.54, 1.807) is 7.11 Å². The van der Waals surface area contributed by atoms with Crippen molar-refractivity contribution >= 4 is 15.9 Å². The van der Waals surface area contributed by atoms with E-state index in [4.69, 9.17) is 15.3 Å². The molecule has 5 heteroatoms. The highest BCUT2D eigenvalue weighted by atomic mass is 79.9. The maximum Gasteiger partial charge on any atom is 0.133 e. The predicted octanol–water partition coefficient (Wildman–Crippen LogP) is 2.26. The van der Waals surface area contributed by atoms with Gasteiger partial charge in [-0.2, -0.15) is 0 Å². The third-order valence-electron chi connectivity index (χ3n) is 2.60. The standard InChI is InChI=1S/C13H21BrN2O2/c1-3-6-18-9-11(16-15)7-10-4-5-13(17-2)12(14)8-10/h4-5,8,11,16H,3,6-7,9,15H2,1-2H3. The smallest absolute Gasteiger partial charge is 0.133 e. The molecule has 0 radical (unpaired) electrons. The normalized spacial score (nSPS) is 12.4. The fourth-order valence-electron chi connectivity index (χ4n) is 1.66. The highest BCUT2D eigenvalue weighted by molar-refractivity contribution is 9.10. The summed E-state index contributed by atoms with van der Waals surface area (Å²) in [7, 11) is 1.66. The summed E-state index contributed by atoms with van der Waals surface area (Å²) in [5, 5.41) is 0. The number of nitrogens with two attached hydrogens (primary N) is 1. The second-order valence-corrected chi connectivity index (χ2v) is 4.97. The highest BCUT2D eigenvalue weighted by Crippen LogP contribution is 2.25. The van der Waals surface area contributed by atoms with Gasteiger partial charge in [0.2, 0.25) is 0 Å². The van der Waals surface area contributed by atoms with Crippen LogP contribution in [0.25, 0.3) is 0 Å². The second-order valence-electron chi connectivity index (χ2n) is 4.11. The summed E-state index contributed by atoms with van der Waals surface area (Å²) in [5.41, 5.74) is 3.97. The van der Waals surface area contributed by atoms with Gasteiger partial charge in [-0.1, -0.05) is 13.0 Å². The number of halogens is 1. The van der Waals surface area contributed by atoms with Crippen LogP contribution in [0.2, 0.25) is 0 Å². The Hall–Kier alpha value is -0.620. The molecule has 1 aromatic carbocycles. The van der Waals surface area contributed by atoms with E-state index in [0.29, 0.717) is 6.61 Å². The Labute approximate surface area is 117 Å². The van der Waals surface area contributed by atoms with E-state index in [2.05, 4.69) is 28.3 Å². The molecule has 102 valence electrons. The Morgan fingerprint density at radius 3 is 2.78 bits per heavy atom. The van der Waals surface area contributed by atoms with Crippen LogP contribution in [-0.2, 0) is 11.2 Å². The van der Waals surface area contributed by atoms with Gasteiger partial charge in [-0.3, -0.25) is 11.3 Å². The number of benzene rings is 1. The van der Waals surface area contributed by atoms with Crippen LogP contribution in [0.3, 0.4) is 0 Å². The van der Waals surface area contributed by atoms with Crippen LogP contribution in [0.1, 0.15) is 18.9 Å². The van der Waals surface area contributed by atoms with Crippen LogP contribution >= 0.6 is 15.9 Å². The number of hydrogen-bond donors (Lipinski definition) is 2. The SMILES string of the molecule is CCCOCC(Cc1ccc(OC)c(Br)c1)NN. The largest absolute Gasteiger partial charge is 0.496 e. The lowest BCUT2D eigenvalue weighted by Crippen LogP contribution is -2.40. The van der Waals surface area contributed by atoms with Gasteiger partial charge < -0.3 is 9.47 Å². The fraction of sp³-hybridized carbons (Fsp3) is 0.538. The molecule has 1 atom stereocenters. The molecule has 4 nitrogen and oxygen atoms in total. The summed E-state index contributed by atoms with van der Waals surface area (Å²) < 4.78 is 11.7. The Bertz CT molecular complexity index is 361. The van der Waals surface area contributed by atoms with Crippen molar-refractivity contribution in [1.82, 2.24) is 5.43 Å². The first-order valence-electron chi connectivity index (χ1n) is 6.07.